The van der Waals surface area contributed by atoms with Crippen LogP contribution in [-0.4, -0.2) is 30.6 Å². The van der Waals surface area contributed by atoms with E-state index < -0.39 is 0 Å². The Morgan fingerprint density at radius 2 is 2.67 bits per heavy atom. The minimum atomic E-state index is -0.257. The first-order chi connectivity index (χ1) is 7.31. The average molecular weight is 226 g/mol. The van der Waals surface area contributed by atoms with Crippen LogP contribution in [0.4, 0.5) is 0 Å². The fourth-order valence-electron chi connectivity index (χ4n) is 1.64. The van der Waals surface area contributed by atoms with E-state index in [9.17, 15) is 4.79 Å². The molecular weight excluding hydrogens is 212 g/mol. The molecule has 0 bridgehead atoms. The Balaban J connectivity index is 2.06. The highest BCUT2D eigenvalue weighted by Crippen LogP contribution is 2.26. The van der Waals surface area contributed by atoms with Gasteiger partial charge in [-0.2, -0.15) is 0 Å². The van der Waals surface area contributed by atoms with Gasteiger partial charge in [0.15, 0.2) is 0 Å². The van der Waals surface area contributed by atoms with Crippen molar-refractivity contribution in [3.8, 4) is 0 Å². The molecule has 0 aromatic carbocycles. The van der Waals surface area contributed by atoms with Crippen LogP contribution < -0.4 is 5.32 Å². The topological polar surface area (TPSA) is 51.2 Å². The minimum absolute atomic E-state index is 0.257. The van der Waals surface area contributed by atoms with Crippen LogP contribution in [-0.2, 0) is 4.74 Å². The zero-order chi connectivity index (χ0) is 10.7. The predicted molar refractivity (Wildman–Crippen MR) is 58.3 cm³/mol. The summed E-state index contributed by atoms with van der Waals surface area (Å²) in [5.74, 6) is 0.213. The summed E-state index contributed by atoms with van der Waals surface area (Å²) in [6.45, 7) is 4.23. The number of rotatable bonds is 3. The van der Waals surface area contributed by atoms with Crippen LogP contribution in [0, 0.1) is 0 Å². The summed E-state index contributed by atoms with van der Waals surface area (Å²) in [6.07, 6.45) is 2.73. The third kappa shape index (κ3) is 2.35. The van der Waals surface area contributed by atoms with Crippen LogP contribution in [0.2, 0.25) is 0 Å². The van der Waals surface area contributed by atoms with E-state index in [1.54, 1.807) is 13.1 Å². The summed E-state index contributed by atoms with van der Waals surface area (Å²) in [5, 5.41) is 4.33. The van der Waals surface area contributed by atoms with Crippen molar-refractivity contribution in [2.75, 3.05) is 19.7 Å². The van der Waals surface area contributed by atoms with E-state index in [2.05, 4.69) is 10.3 Å². The van der Waals surface area contributed by atoms with Gasteiger partial charge in [0.05, 0.1) is 17.8 Å². The maximum Gasteiger partial charge on any atom is 0.349 e. The van der Waals surface area contributed by atoms with Crippen LogP contribution in [0.5, 0.6) is 0 Å². The lowest BCUT2D eigenvalue weighted by Crippen LogP contribution is -2.07. The number of nitrogens with zero attached hydrogens (tertiary/aromatic N) is 1. The van der Waals surface area contributed by atoms with E-state index in [4.69, 9.17) is 4.74 Å². The summed E-state index contributed by atoms with van der Waals surface area (Å²) in [7, 11) is 0. The molecule has 0 saturated carbocycles. The standard InChI is InChI=1S/C10H14N2O2S/c1-2-14-10(13)8-6-12-9(15-8)7-3-4-11-5-7/h6-7,11H,2-5H2,1H3. The molecule has 0 aliphatic carbocycles. The van der Waals surface area contributed by atoms with Gasteiger partial charge in [-0.15, -0.1) is 11.3 Å². The van der Waals surface area contributed by atoms with Crippen LogP contribution in [0.3, 0.4) is 0 Å². The number of hydrogen-bond acceptors (Lipinski definition) is 5. The smallest absolute Gasteiger partial charge is 0.349 e. The Morgan fingerprint density at radius 3 is 3.33 bits per heavy atom. The minimum Gasteiger partial charge on any atom is -0.462 e. The number of thiazole rings is 1. The first kappa shape index (κ1) is 10.6. The number of carbonyl (C=O) groups is 1. The van der Waals surface area contributed by atoms with Crippen molar-refractivity contribution < 1.29 is 9.53 Å². The molecular formula is C10H14N2O2S. The first-order valence-electron chi connectivity index (χ1n) is 5.15. The summed E-state index contributed by atoms with van der Waals surface area (Å²) in [6, 6.07) is 0. The molecule has 1 N–H and O–H groups in total. The Bertz CT molecular complexity index is 345. The normalized spacial score (nSPS) is 20.5. The van der Waals surface area contributed by atoms with Gasteiger partial charge in [0, 0.05) is 12.5 Å². The van der Waals surface area contributed by atoms with Gasteiger partial charge in [-0.3, -0.25) is 0 Å². The highest BCUT2D eigenvalue weighted by atomic mass is 32.1. The first-order valence-corrected chi connectivity index (χ1v) is 5.96. The maximum absolute atomic E-state index is 11.4. The molecule has 1 aliphatic rings. The molecule has 1 aromatic heterocycles. The zero-order valence-electron chi connectivity index (χ0n) is 8.66. The van der Waals surface area contributed by atoms with E-state index in [-0.39, 0.29) is 5.97 Å². The molecule has 82 valence electrons. The molecule has 1 saturated heterocycles. The molecule has 0 amide bonds. The summed E-state index contributed by atoms with van der Waals surface area (Å²) in [5.41, 5.74) is 0. The molecule has 1 unspecified atom stereocenters. The molecule has 1 atom stereocenters. The summed E-state index contributed by atoms with van der Waals surface area (Å²) in [4.78, 5) is 16.3. The van der Waals surface area contributed by atoms with Crippen molar-refractivity contribution in [2.45, 2.75) is 19.3 Å². The molecule has 1 fully saturated rings. The highest BCUT2D eigenvalue weighted by Gasteiger charge is 2.21. The lowest BCUT2D eigenvalue weighted by Gasteiger charge is -2.01. The van der Waals surface area contributed by atoms with Gasteiger partial charge < -0.3 is 10.1 Å². The Labute approximate surface area is 92.7 Å². The number of hydrogen-bond donors (Lipinski definition) is 1. The highest BCUT2D eigenvalue weighted by molar-refractivity contribution is 7.13. The van der Waals surface area contributed by atoms with Crippen molar-refractivity contribution >= 4 is 17.3 Å². The number of ether oxygens (including phenoxy) is 1. The predicted octanol–water partition coefficient (Wildman–Crippen LogP) is 1.40. The molecule has 15 heavy (non-hydrogen) atoms. The van der Waals surface area contributed by atoms with Gasteiger partial charge >= 0.3 is 5.97 Å². The van der Waals surface area contributed by atoms with Crippen LogP contribution in [0.1, 0.15) is 33.9 Å². The molecule has 1 aliphatic heterocycles. The van der Waals surface area contributed by atoms with E-state index in [0.717, 1.165) is 24.5 Å². The van der Waals surface area contributed by atoms with E-state index in [0.29, 0.717) is 17.4 Å². The van der Waals surface area contributed by atoms with Gasteiger partial charge in [0.1, 0.15) is 4.88 Å². The average Bonchev–Trinajstić information content (AvgIpc) is 2.89. The van der Waals surface area contributed by atoms with Crippen LogP contribution in [0.25, 0.3) is 0 Å². The Hall–Kier alpha value is -0.940. The second kappa shape index (κ2) is 4.72. The lowest BCUT2D eigenvalue weighted by atomic mass is 10.1. The molecule has 5 heteroatoms. The second-order valence-corrected chi connectivity index (χ2v) is 4.54. The monoisotopic (exact) mass is 226 g/mol. The van der Waals surface area contributed by atoms with Gasteiger partial charge in [0.2, 0.25) is 0 Å². The third-order valence-electron chi connectivity index (χ3n) is 2.41. The fraction of sp³-hybridized carbons (Fsp3) is 0.600. The van der Waals surface area contributed by atoms with E-state index >= 15 is 0 Å². The Morgan fingerprint density at radius 1 is 1.80 bits per heavy atom. The molecule has 4 nitrogen and oxygen atoms in total. The molecule has 1 aromatic rings. The van der Waals surface area contributed by atoms with Crippen molar-refractivity contribution in [1.82, 2.24) is 10.3 Å². The third-order valence-corrected chi connectivity index (χ3v) is 3.55. The Kier molecular flexibility index (Phi) is 3.33. The van der Waals surface area contributed by atoms with E-state index in [1.165, 1.54) is 11.3 Å². The van der Waals surface area contributed by atoms with Crippen molar-refractivity contribution in [1.29, 1.82) is 0 Å². The van der Waals surface area contributed by atoms with Gasteiger partial charge in [-0.05, 0) is 19.9 Å². The van der Waals surface area contributed by atoms with Crippen LogP contribution >= 0.6 is 11.3 Å². The summed E-state index contributed by atoms with van der Waals surface area (Å²) >= 11 is 1.45. The quantitative estimate of drug-likeness (QED) is 0.791. The number of aromatic nitrogens is 1. The second-order valence-electron chi connectivity index (χ2n) is 3.47. The van der Waals surface area contributed by atoms with Gasteiger partial charge in [-0.25, -0.2) is 9.78 Å². The molecule has 0 spiro atoms. The molecule has 2 heterocycles. The summed E-state index contributed by atoms with van der Waals surface area (Å²) < 4.78 is 4.92. The van der Waals surface area contributed by atoms with Crippen LogP contribution in [0.15, 0.2) is 6.20 Å². The fourth-order valence-corrected chi connectivity index (χ4v) is 2.58. The van der Waals surface area contributed by atoms with Crippen molar-refractivity contribution in [3.05, 3.63) is 16.1 Å². The largest absolute Gasteiger partial charge is 0.462 e. The number of nitrogens with one attached hydrogen (secondary N) is 1. The molecule has 0 radical (unpaired) electrons. The van der Waals surface area contributed by atoms with Crippen molar-refractivity contribution in [3.63, 3.8) is 0 Å². The SMILES string of the molecule is CCOC(=O)c1cnc(C2CCNC2)s1. The number of carbonyl (C=O) groups excluding carboxylic acids is 1. The lowest BCUT2D eigenvalue weighted by molar-refractivity contribution is 0.0532. The maximum atomic E-state index is 11.4. The van der Waals surface area contributed by atoms with Gasteiger partial charge in [0.25, 0.3) is 0 Å². The zero-order valence-corrected chi connectivity index (χ0v) is 9.47. The van der Waals surface area contributed by atoms with E-state index in [1.807, 2.05) is 0 Å². The van der Waals surface area contributed by atoms with Gasteiger partial charge in [-0.1, -0.05) is 0 Å². The number of esters is 1. The molecule has 2 rings (SSSR count). The van der Waals surface area contributed by atoms with Crippen molar-refractivity contribution in [2.24, 2.45) is 0 Å².